The zero-order valence-electron chi connectivity index (χ0n) is 5.66. The fourth-order valence-electron chi connectivity index (χ4n) is 0.653. The van der Waals surface area contributed by atoms with E-state index in [9.17, 15) is 0 Å². The smallest absolute Gasteiger partial charge is 0.0361 e. The van der Waals surface area contributed by atoms with Gasteiger partial charge >= 0.3 is 0 Å². The van der Waals surface area contributed by atoms with Crippen molar-refractivity contribution in [2.24, 2.45) is 0 Å². The summed E-state index contributed by atoms with van der Waals surface area (Å²) in [6.07, 6.45) is 0. The van der Waals surface area contributed by atoms with Crippen molar-refractivity contribution in [2.45, 2.75) is 9.79 Å². The molecule has 0 spiro atoms. The Morgan fingerprint density at radius 3 is 2.70 bits per heavy atom. The molecule has 0 aliphatic heterocycles. The lowest BCUT2D eigenvalue weighted by Crippen LogP contribution is -1.90. The summed E-state index contributed by atoms with van der Waals surface area (Å²) in [6, 6.07) is 7.98. The van der Waals surface area contributed by atoms with Crippen LogP contribution in [0, 0.1) is 0 Å². The standard InChI is InChI=1S/C7H9NS2/c1-8-10-7-5-3-2-4-6(7)9/h2-5,8-9H,1H3. The minimum Gasteiger partial charge on any atom is -0.263 e. The second kappa shape index (κ2) is 3.91. The van der Waals surface area contributed by atoms with Gasteiger partial charge in [-0.2, -0.15) is 0 Å². The van der Waals surface area contributed by atoms with Crippen LogP contribution in [-0.2, 0) is 0 Å². The minimum atomic E-state index is 1.02. The monoisotopic (exact) mass is 171 g/mol. The SMILES string of the molecule is CNSc1ccccc1S. The van der Waals surface area contributed by atoms with Gasteiger partial charge in [-0.1, -0.05) is 12.1 Å². The van der Waals surface area contributed by atoms with Crippen molar-refractivity contribution >= 4 is 24.6 Å². The van der Waals surface area contributed by atoms with Crippen LogP contribution in [0.3, 0.4) is 0 Å². The molecule has 0 saturated heterocycles. The lowest BCUT2D eigenvalue weighted by molar-refractivity contribution is 1.21. The number of nitrogens with one attached hydrogen (secondary N) is 1. The fraction of sp³-hybridized carbons (Fsp3) is 0.143. The van der Waals surface area contributed by atoms with Crippen LogP contribution in [0.25, 0.3) is 0 Å². The zero-order valence-corrected chi connectivity index (χ0v) is 7.38. The Hall–Kier alpha value is -0.120. The molecule has 3 heteroatoms. The fourth-order valence-corrected chi connectivity index (χ4v) is 1.49. The third-order valence-corrected chi connectivity index (χ3v) is 2.40. The summed E-state index contributed by atoms with van der Waals surface area (Å²) < 4.78 is 2.99. The van der Waals surface area contributed by atoms with Crippen LogP contribution in [0.5, 0.6) is 0 Å². The van der Waals surface area contributed by atoms with Crippen molar-refractivity contribution < 1.29 is 0 Å². The molecular formula is C7H9NS2. The largest absolute Gasteiger partial charge is 0.263 e. The third-order valence-electron chi connectivity index (χ3n) is 1.08. The van der Waals surface area contributed by atoms with Crippen molar-refractivity contribution in [2.75, 3.05) is 7.05 Å². The molecule has 0 fully saturated rings. The third kappa shape index (κ3) is 1.94. The van der Waals surface area contributed by atoms with Gasteiger partial charge in [0.15, 0.2) is 0 Å². The van der Waals surface area contributed by atoms with Crippen LogP contribution in [0.2, 0.25) is 0 Å². The van der Waals surface area contributed by atoms with E-state index < -0.39 is 0 Å². The maximum Gasteiger partial charge on any atom is 0.0361 e. The van der Waals surface area contributed by atoms with E-state index in [1.165, 1.54) is 0 Å². The zero-order chi connectivity index (χ0) is 7.40. The highest BCUT2D eigenvalue weighted by Gasteiger charge is 1.94. The Labute approximate surface area is 70.8 Å². The first-order valence-corrected chi connectivity index (χ1v) is 4.22. The van der Waals surface area contributed by atoms with Crippen molar-refractivity contribution in [3.05, 3.63) is 24.3 Å². The Bertz CT molecular complexity index is 213. The molecule has 1 nitrogen and oxygen atoms in total. The molecular weight excluding hydrogens is 162 g/mol. The molecule has 0 aromatic heterocycles. The molecule has 0 unspecified atom stereocenters. The number of hydrogen-bond donors (Lipinski definition) is 2. The van der Waals surface area contributed by atoms with Crippen LogP contribution in [-0.4, -0.2) is 7.05 Å². The first kappa shape index (κ1) is 7.98. The van der Waals surface area contributed by atoms with Crippen molar-refractivity contribution in [3.8, 4) is 0 Å². The maximum absolute atomic E-state index is 4.27. The molecule has 0 amide bonds. The van der Waals surface area contributed by atoms with Gasteiger partial charge < -0.3 is 0 Å². The summed E-state index contributed by atoms with van der Waals surface area (Å²) in [5, 5.41) is 0. The molecule has 1 rings (SSSR count). The predicted molar refractivity (Wildman–Crippen MR) is 48.6 cm³/mol. The Balaban J connectivity index is 2.81. The summed E-state index contributed by atoms with van der Waals surface area (Å²) in [5.74, 6) is 0. The molecule has 0 radical (unpaired) electrons. The molecule has 0 heterocycles. The Morgan fingerprint density at radius 1 is 1.40 bits per heavy atom. The molecule has 1 aromatic rings. The molecule has 0 saturated carbocycles. The van der Waals surface area contributed by atoms with Gasteiger partial charge in [0.1, 0.15) is 0 Å². The van der Waals surface area contributed by atoms with Crippen molar-refractivity contribution in [1.29, 1.82) is 0 Å². The van der Waals surface area contributed by atoms with E-state index in [4.69, 9.17) is 0 Å². The van der Waals surface area contributed by atoms with E-state index in [-0.39, 0.29) is 0 Å². The van der Waals surface area contributed by atoms with Crippen LogP contribution < -0.4 is 4.72 Å². The lowest BCUT2D eigenvalue weighted by Gasteiger charge is -2.00. The van der Waals surface area contributed by atoms with E-state index in [0.29, 0.717) is 0 Å². The average molecular weight is 171 g/mol. The maximum atomic E-state index is 4.27. The van der Waals surface area contributed by atoms with Crippen molar-refractivity contribution in [1.82, 2.24) is 4.72 Å². The molecule has 0 aliphatic carbocycles. The second-order valence-corrected chi connectivity index (χ2v) is 3.31. The Kier molecular flexibility index (Phi) is 3.12. The van der Waals surface area contributed by atoms with Gasteiger partial charge in [0, 0.05) is 9.79 Å². The summed E-state index contributed by atoms with van der Waals surface area (Å²) >= 11 is 5.85. The van der Waals surface area contributed by atoms with E-state index >= 15 is 0 Å². The summed E-state index contributed by atoms with van der Waals surface area (Å²) in [7, 11) is 1.89. The van der Waals surface area contributed by atoms with Gasteiger partial charge in [-0.15, -0.1) is 12.6 Å². The summed E-state index contributed by atoms with van der Waals surface area (Å²) in [5.41, 5.74) is 0. The number of rotatable bonds is 2. The highest BCUT2D eigenvalue weighted by molar-refractivity contribution is 7.97. The molecule has 54 valence electrons. The molecule has 1 N–H and O–H groups in total. The lowest BCUT2D eigenvalue weighted by atomic mass is 10.4. The van der Waals surface area contributed by atoms with Gasteiger partial charge in [-0.05, 0) is 31.1 Å². The molecule has 1 aromatic carbocycles. The molecule has 10 heavy (non-hydrogen) atoms. The topological polar surface area (TPSA) is 12.0 Å². The molecule has 0 bridgehead atoms. The van der Waals surface area contributed by atoms with Crippen LogP contribution >= 0.6 is 24.6 Å². The Morgan fingerprint density at radius 2 is 2.10 bits per heavy atom. The highest BCUT2D eigenvalue weighted by atomic mass is 32.2. The number of hydrogen-bond acceptors (Lipinski definition) is 3. The van der Waals surface area contributed by atoms with E-state index in [2.05, 4.69) is 17.4 Å². The number of thiol groups is 1. The normalized spacial score (nSPS) is 9.80. The van der Waals surface area contributed by atoms with E-state index in [0.717, 1.165) is 9.79 Å². The minimum absolute atomic E-state index is 1.02. The van der Waals surface area contributed by atoms with Gasteiger partial charge in [0.05, 0.1) is 0 Å². The average Bonchev–Trinajstić information content (AvgIpc) is 1.94. The van der Waals surface area contributed by atoms with Crippen molar-refractivity contribution in [3.63, 3.8) is 0 Å². The van der Waals surface area contributed by atoms with Crippen LogP contribution in [0.15, 0.2) is 34.1 Å². The van der Waals surface area contributed by atoms with Gasteiger partial charge in [0.2, 0.25) is 0 Å². The predicted octanol–water partition coefficient (Wildman–Crippen LogP) is 2.20. The second-order valence-electron chi connectivity index (χ2n) is 1.77. The first-order valence-electron chi connectivity index (χ1n) is 2.96. The van der Waals surface area contributed by atoms with Gasteiger partial charge in [-0.3, -0.25) is 4.72 Å². The highest BCUT2D eigenvalue weighted by Crippen LogP contribution is 2.21. The van der Waals surface area contributed by atoms with Crippen LogP contribution in [0.1, 0.15) is 0 Å². The molecule has 0 atom stereocenters. The van der Waals surface area contributed by atoms with Crippen LogP contribution in [0.4, 0.5) is 0 Å². The summed E-state index contributed by atoms with van der Waals surface area (Å²) in [6.45, 7) is 0. The number of benzene rings is 1. The summed E-state index contributed by atoms with van der Waals surface area (Å²) in [4.78, 5) is 2.18. The van der Waals surface area contributed by atoms with Gasteiger partial charge in [0.25, 0.3) is 0 Å². The van der Waals surface area contributed by atoms with E-state index in [1.54, 1.807) is 11.9 Å². The van der Waals surface area contributed by atoms with Gasteiger partial charge in [-0.25, -0.2) is 0 Å². The first-order chi connectivity index (χ1) is 4.84. The van der Waals surface area contributed by atoms with E-state index in [1.807, 2.05) is 31.3 Å². The quantitative estimate of drug-likeness (QED) is 0.522. The molecule has 0 aliphatic rings.